The highest BCUT2D eigenvalue weighted by Gasteiger charge is 2.18. The number of rotatable bonds is 7. The second-order valence-electron chi connectivity index (χ2n) is 7.80. The molecule has 1 fully saturated rings. The van der Waals surface area contributed by atoms with Crippen LogP contribution in [0.25, 0.3) is 17.0 Å². The largest absolute Gasteiger partial charge is 0.339 e. The molecule has 0 saturated carbocycles. The highest BCUT2D eigenvalue weighted by molar-refractivity contribution is 5.53. The van der Waals surface area contributed by atoms with Gasteiger partial charge < -0.3 is 13.8 Å². The number of nitrogens with zero attached hydrogens (tertiary/aromatic N) is 6. The maximum Gasteiger partial charge on any atom is 0.227 e. The van der Waals surface area contributed by atoms with Crippen molar-refractivity contribution in [1.82, 2.24) is 29.3 Å². The number of hydrogen-bond acceptors (Lipinski definition) is 6. The van der Waals surface area contributed by atoms with Gasteiger partial charge in [-0.15, -0.1) is 0 Å². The molecule has 1 saturated heterocycles. The number of aromatic nitrogens is 4. The van der Waals surface area contributed by atoms with Gasteiger partial charge in [0.2, 0.25) is 11.7 Å². The first kappa shape index (κ1) is 19.0. The summed E-state index contributed by atoms with van der Waals surface area (Å²) in [6.45, 7) is 6.31. The smallest absolute Gasteiger partial charge is 0.227 e. The second-order valence-corrected chi connectivity index (χ2v) is 7.80. The summed E-state index contributed by atoms with van der Waals surface area (Å²) in [4.78, 5) is 14.3. The Kier molecular flexibility index (Phi) is 5.54. The Labute approximate surface area is 176 Å². The fraction of sp³-hybridized carbons (Fsp3) is 0.348. The van der Waals surface area contributed by atoms with Gasteiger partial charge in [0.15, 0.2) is 0 Å². The third-order valence-electron chi connectivity index (χ3n) is 5.63. The standard InChI is InChI=1S/C23H26N6O/c1-2-7-19(8-3-1)23-25-22(30-26-23)10-6-11-27-13-15-28(16-14-27)17-20-18-29-12-5-4-9-21(29)24-20/h1-5,7-9,12,18H,6,10-11,13-17H2. The Morgan fingerprint density at radius 2 is 1.67 bits per heavy atom. The number of imidazole rings is 1. The van der Waals surface area contributed by atoms with Crippen LogP contribution in [0.3, 0.4) is 0 Å². The quantitative estimate of drug-likeness (QED) is 0.473. The molecule has 0 spiro atoms. The minimum Gasteiger partial charge on any atom is -0.339 e. The van der Waals surface area contributed by atoms with E-state index in [0.29, 0.717) is 5.82 Å². The number of piperazine rings is 1. The van der Waals surface area contributed by atoms with E-state index in [-0.39, 0.29) is 0 Å². The summed E-state index contributed by atoms with van der Waals surface area (Å²) in [7, 11) is 0. The van der Waals surface area contributed by atoms with E-state index in [1.54, 1.807) is 0 Å². The second kappa shape index (κ2) is 8.77. The van der Waals surface area contributed by atoms with Crippen LogP contribution in [0.15, 0.2) is 65.4 Å². The fourth-order valence-electron chi connectivity index (χ4n) is 3.98. The summed E-state index contributed by atoms with van der Waals surface area (Å²) in [5.41, 5.74) is 3.15. The van der Waals surface area contributed by atoms with Crippen molar-refractivity contribution in [1.29, 1.82) is 0 Å². The Hall–Kier alpha value is -3.03. The molecule has 0 unspecified atom stereocenters. The number of pyridine rings is 1. The first-order chi connectivity index (χ1) is 14.8. The van der Waals surface area contributed by atoms with Crippen molar-refractivity contribution in [3.05, 3.63) is 72.5 Å². The molecule has 4 aromatic rings. The lowest BCUT2D eigenvalue weighted by Gasteiger charge is -2.34. The van der Waals surface area contributed by atoms with E-state index in [9.17, 15) is 0 Å². The molecule has 0 radical (unpaired) electrons. The molecule has 7 heteroatoms. The monoisotopic (exact) mass is 402 g/mol. The predicted octanol–water partition coefficient (Wildman–Crippen LogP) is 3.13. The third kappa shape index (κ3) is 4.42. The van der Waals surface area contributed by atoms with E-state index in [1.807, 2.05) is 48.5 Å². The average molecular weight is 403 g/mol. The zero-order chi connectivity index (χ0) is 20.2. The highest BCUT2D eigenvalue weighted by Crippen LogP contribution is 2.16. The highest BCUT2D eigenvalue weighted by atomic mass is 16.5. The number of fused-ring (bicyclic) bond motifs is 1. The zero-order valence-corrected chi connectivity index (χ0v) is 17.0. The Morgan fingerprint density at radius 1 is 0.867 bits per heavy atom. The van der Waals surface area contributed by atoms with Crippen LogP contribution in [-0.4, -0.2) is 62.0 Å². The van der Waals surface area contributed by atoms with Crippen LogP contribution in [-0.2, 0) is 13.0 Å². The molecule has 3 aromatic heterocycles. The summed E-state index contributed by atoms with van der Waals surface area (Å²) in [5.74, 6) is 1.39. The topological polar surface area (TPSA) is 62.7 Å². The van der Waals surface area contributed by atoms with Crippen LogP contribution in [0, 0.1) is 0 Å². The van der Waals surface area contributed by atoms with Gasteiger partial charge in [-0.2, -0.15) is 4.98 Å². The van der Waals surface area contributed by atoms with Gasteiger partial charge in [0.05, 0.1) is 5.69 Å². The summed E-state index contributed by atoms with van der Waals surface area (Å²) >= 11 is 0. The molecule has 0 atom stereocenters. The minimum atomic E-state index is 0.672. The third-order valence-corrected chi connectivity index (χ3v) is 5.63. The van der Waals surface area contributed by atoms with Crippen molar-refractivity contribution >= 4 is 5.65 Å². The molecule has 1 aromatic carbocycles. The van der Waals surface area contributed by atoms with Gasteiger partial charge in [-0.05, 0) is 25.1 Å². The molecule has 1 aliphatic rings. The lowest BCUT2D eigenvalue weighted by atomic mass is 10.2. The lowest BCUT2D eigenvalue weighted by Crippen LogP contribution is -2.46. The minimum absolute atomic E-state index is 0.672. The molecular formula is C23H26N6O. The van der Waals surface area contributed by atoms with Crippen molar-refractivity contribution < 1.29 is 4.52 Å². The number of hydrogen-bond donors (Lipinski definition) is 0. The maximum absolute atomic E-state index is 5.42. The molecule has 0 aliphatic carbocycles. The zero-order valence-electron chi connectivity index (χ0n) is 17.0. The van der Waals surface area contributed by atoms with E-state index >= 15 is 0 Å². The number of benzene rings is 1. The molecule has 1 aliphatic heterocycles. The van der Waals surface area contributed by atoms with E-state index in [1.165, 1.54) is 0 Å². The first-order valence-electron chi connectivity index (χ1n) is 10.6. The van der Waals surface area contributed by atoms with Gasteiger partial charge in [0.1, 0.15) is 5.65 Å². The Bertz CT molecular complexity index is 1050. The van der Waals surface area contributed by atoms with Crippen LogP contribution < -0.4 is 0 Å². The van der Waals surface area contributed by atoms with Crippen molar-refractivity contribution in [3.8, 4) is 11.4 Å². The van der Waals surface area contributed by atoms with Gasteiger partial charge in [-0.25, -0.2) is 4.98 Å². The number of aryl methyl sites for hydroxylation is 1. The molecule has 0 amide bonds. The van der Waals surface area contributed by atoms with E-state index in [2.05, 4.69) is 36.7 Å². The molecule has 0 bridgehead atoms. The average Bonchev–Trinajstić information content (AvgIpc) is 3.42. The predicted molar refractivity (Wildman–Crippen MR) is 115 cm³/mol. The SMILES string of the molecule is c1ccc(-c2noc(CCCN3CCN(Cc4cn5ccccc5n4)CC3)n2)cc1. The first-order valence-corrected chi connectivity index (χ1v) is 10.6. The van der Waals surface area contributed by atoms with Crippen molar-refractivity contribution in [2.24, 2.45) is 0 Å². The molecule has 0 N–H and O–H groups in total. The summed E-state index contributed by atoms with van der Waals surface area (Å²) in [6.07, 6.45) is 6.04. The van der Waals surface area contributed by atoms with E-state index in [0.717, 1.165) is 74.9 Å². The van der Waals surface area contributed by atoms with Crippen molar-refractivity contribution in [2.75, 3.05) is 32.7 Å². The molecule has 30 heavy (non-hydrogen) atoms. The summed E-state index contributed by atoms with van der Waals surface area (Å²) in [6, 6.07) is 16.1. The van der Waals surface area contributed by atoms with Crippen molar-refractivity contribution in [2.45, 2.75) is 19.4 Å². The van der Waals surface area contributed by atoms with Gasteiger partial charge >= 0.3 is 0 Å². The van der Waals surface area contributed by atoms with Gasteiger partial charge in [0, 0.05) is 57.1 Å². The van der Waals surface area contributed by atoms with Crippen LogP contribution in [0.1, 0.15) is 18.0 Å². The Morgan fingerprint density at radius 3 is 2.50 bits per heavy atom. The Balaban J connectivity index is 1.06. The van der Waals surface area contributed by atoms with Crippen LogP contribution in [0.2, 0.25) is 0 Å². The van der Waals surface area contributed by atoms with Gasteiger partial charge in [0.25, 0.3) is 0 Å². The maximum atomic E-state index is 5.42. The van der Waals surface area contributed by atoms with Crippen molar-refractivity contribution in [3.63, 3.8) is 0 Å². The molecule has 7 nitrogen and oxygen atoms in total. The normalized spacial score (nSPS) is 15.7. The van der Waals surface area contributed by atoms with Crippen LogP contribution in [0.4, 0.5) is 0 Å². The molecule has 4 heterocycles. The van der Waals surface area contributed by atoms with E-state index < -0.39 is 0 Å². The molecule has 5 rings (SSSR count). The van der Waals surface area contributed by atoms with Gasteiger partial charge in [-0.3, -0.25) is 4.90 Å². The van der Waals surface area contributed by atoms with E-state index in [4.69, 9.17) is 9.51 Å². The van der Waals surface area contributed by atoms with Crippen LogP contribution >= 0.6 is 0 Å². The molecule has 154 valence electrons. The van der Waals surface area contributed by atoms with Gasteiger partial charge in [-0.1, -0.05) is 41.6 Å². The molecular weight excluding hydrogens is 376 g/mol. The lowest BCUT2D eigenvalue weighted by molar-refractivity contribution is 0.124. The fourth-order valence-corrected chi connectivity index (χ4v) is 3.98. The summed E-state index contributed by atoms with van der Waals surface area (Å²) in [5, 5.41) is 4.10. The summed E-state index contributed by atoms with van der Waals surface area (Å²) < 4.78 is 7.51. The van der Waals surface area contributed by atoms with Crippen LogP contribution in [0.5, 0.6) is 0 Å².